The summed E-state index contributed by atoms with van der Waals surface area (Å²) in [5.74, 6) is -1.60. The maximum absolute atomic E-state index is 10.3. The average Bonchev–Trinajstić information content (AvgIpc) is 2.87. The summed E-state index contributed by atoms with van der Waals surface area (Å²) in [4.78, 5) is 0. The lowest BCUT2D eigenvalue weighted by molar-refractivity contribution is -0.344. The molecule has 0 aromatic rings. The highest BCUT2D eigenvalue weighted by molar-refractivity contribution is 6.21. The third kappa shape index (κ3) is 3.24. The van der Waals surface area contributed by atoms with Crippen molar-refractivity contribution in [1.82, 2.24) is 0 Å². The number of ether oxygens (including phenoxy) is 3. The van der Waals surface area contributed by atoms with Gasteiger partial charge in [0.15, 0.2) is 6.29 Å². The molecule has 26 heavy (non-hydrogen) atoms. The Balaban J connectivity index is 1.80. The Morgan fingerprint density at radius 1 is 0.923 bits per heavy atom. The van der Waals surface area contributed by atoms with Gasteiger partial charge in [-0.1, -0.05) is 0 Å². The zero-order valence-corrected chi connectivity index (χ0v) is 14.3. The second kappa shape index (κ2) is 7.84. The van der Waals surface area contributed by atoms with Gasteiger partial charge in [-0.15, -0.1) is 11.6 Å². The molecule has 2 aliphatic heterocycles. The van der Waals surface area contributed by atoms with Gasteiger partial charge in [0, 0.05) is 5.92 Å². The molecule has 2 fully saturated rings. The monoisotopic (exact) mass is 398 g/mol. The van der Waals surface area contributed by atoms with Crippen LogP contribution in [0.25, 0.3) is 0 Å². The summed E-state index contributed by atoms with van der Waals surface area (Å²) in [6.07, 6.45) is -9.88. The third-order valence-electron chi connectivity index (χ3n) is 5.22. The summed E-state index contributed by atoms with van der Waals surface area (Å²) in [6.45, 7) is -1.04. The molecule has 3 rings (SSSR count). The van der Waals surface area contributed by atoms with Crippen LogP contribution in [0.15, 0.2) is 11.8 Å². The third-order valence-corrected chi connectivity index (χ3v) is 5.74. The molecule has 150 valence electrons. The molecule has 0 aromatic heterocycles. The molecule has 2 unspecified atom stereocenters. The highest BCUT2D eigenvalue weighted by Gasteiger charge is 2.57. The average molecular weight is 399 g/mol. The first-order chi connectivity index (χ1) is 12.3. The van der Waals surface area contributed by atoms with E-state index in [1.165, 1.54) is 6.26 Å². The second-order valence-electron chi connectivity index (χ2n) is 6.72. The smallest absolute Gasteiger partial charge is 0.207 e. The largest absolute Gasteiger partial charge is 0.472 e. The van der Waals surface area contributed by atoms with Gasteiger partial charge in [0.05, 0.1) is 43.0 Å². The maximum atomic E-state index is 10.3. The maximum Gasteiger partial charge on any atom is 0.207 e. The molecule has 0 spiro atoms. The molecule has 0 amide bonds. The minimum atomic E-state index is -1.65. The predicted octanol–water partition coefficient (Wildman–Crippen LogP) is -3.39. The van der Waals surface area contributed by atoms with E-state index in [4.69, 9.17) is 25.8 Å². The standard InChI is InChI=1S/C15H23ClO10/c16-8-10(20)6-4(1-17)3-24-14(7(6)11(8)21)26-15-13(23)12(22)9(19)5(2-18)25-15/h3,5-15,17-23H,1-2H2/t5-,6?,7?,8-,9-,10+,11-,12+,13-,14+,15+/m1/s1. The minimum Gasteiger partial charge on any atom is -0.472 e. The van der Waals surface area contributed by atoms with Crippen molar-refractivity contribution in [3.63, 3.8) is 0 Å². The summed E-state index contributed by atoms with van der Waals surface area (Å²) >= 11 is 6.03. The van der Waals surface area contributed by atoms with Crippen LogP contribution in [0.4, 0.5) is 0 Å². The minimum absolute atomic E-state index is 0.332. The number of hydrogen-bond donors (Lipinski definition) is 7. The quantitative estimate of drug-likeness (QED) is 0.237. The van der Waals surface area contributed by atoms with Crippen LogP contribution in [0.2, 0.25) is 0 Å². The SMILES string of the molecule is OCC1=CO[C@@H](O[C@@H]2O[C@H](CO)[C@@H](O)[C@H](O)[C@H]2O)C2C1[C@H](O)[C@@H](Cl)[C@@H]2O. The van der Waals surface area contributed by atoms with E-state index in [2.05, 4.69) is 0 Å². The van der Waals surface area contributed by atoms with Crippen molar-refractivity contribution in [2.75, 3.05) is 13.2 Å². The van der Waals surface area contributed by atoms with Gasteiger partial charge in [-0.05, 0) is 5.57 Å². The predicted molar refractivity (Wildman–Crippen MR) is 83.5 cm³/mol. The summed E-state index contributed by atoms with van der Waals surface area (Å²) < 4.78 is 16.2. The number of rotatable bonds is 4. The topological polar surface area (TPSA) is 169 Å². The van der Waals surface area contributed by atoms with Crippen LogP contribution in [0.3, 0.4) is 0 Å². The lowest BCUT2D eigenvalue weighted by Gasteiger charge is -2.43. The van der Waals surface area contributed by atoms with Crippen molar-refractivity contribution in [1.29, 1.82) is 0 Å². The van der Waals surface area contributed by atoms with E-state index >= 15 is 0 Å². The Morgan fingerprint density at radius 3 is 2.23 bits per heavy atom. The van der Waals surface area contributed by atoms with Crippen LogP contribution in [0.1, 0.15) is 0 Å². The Hall–Kier alpha value is -0.530. The summed E-state index contributed by atoms with van der Waals surface area (Å²) in [6, 6.07) is 0. The zero-order chi connectivity index (χ0) is 19.2. The molecule has 0 radical (unpaired) electrons. The van der Waals surface area contributed by atoms with Crippen molar-refractivity contribution in [2.24, 2.45) is 11.8 Å². The van der Waals surface area contributed by atoms with Crippen LogP contribution in [-0.4, -0.2) is 104 Å². The Kier molecular flexibility index (Phi) is 6.09. The molecule has 11 heteroatoms. The van der Waals surface area contributed by atoms with E-state index in [0.717, 1.165) is 0 Å². The number of aliphatic hydroxyl groups is 7. The summed E-state index contributed by atoms with van der Waals surface area (Å²) in [7, 11) is 0. The number of aliphatic hydroxyl groups excluding tert-OH is 7. The van der Waals surface area contributed by atoms with Crippen LogP contribution >= 0.6 is 11.6 Å². The van der Waals surface area contributed by atoms with Crippen LogP contribution in [0.5, 0.6) is 0 Å². The fraction of sp³-hybridized carbons (Fsp3) is 0.867. The van der Waals surface area contributed by atoms with E-state index in [1.807, 2.05) is 0 Å². The first-order valence-corrected chi connectivity index (χ1v) is 8.66. The molecular formula is C15H23ClO10. The van der Waals surface area contributed by atoms with Gasteiger partial charge in [0.2, 0.25) is 6.29 Å². The molecule has 11 atom stereocenters. The van der Waals surface area contributed by atoms with Gasteiger partial charge in [0.25, 0.3) is 0 Å². The van der Waals surface area contributed by atoms with Gasteiger partial charge < -0.3 is 50.0 Å². The Labute approximate surface area is 153 Å². The van der Waals surface area contributed by atoms with Gasteiger partial charge in [0.1, 0.15) is 24.4 Å². The molecule has 10 nitrogen and oxygen atoms in total. The van der Waals surface area contributed by atoms with Gasteiger partial charge in [-0.2, -0.15) is 0 Å². The lowest BCUT2D eigenvalue weighted by Crippen LogP contribution is -2.60. The molecule has 1 saturated carbocycles. The van der Waals surface area contributed by atoms with Gasteiger partial charge in [-0.25, -0.2) is 0 Å². The first-order valence-electron chi connectivity index (χ1n) is 8.23. The van der Waals surface area contributed by atoms with E-state index in [-0.39, 0.29) is 0 Å². The van der Waals surface area contributed by atoms with Crippen LogP contribution in [0, 0.1) is 11.8 Å². The van der Waals surface area contributed by atoms with Crippen LogP contribution < -0.4 is 0 Å². The fourth-order valence-corrected chi connectivity index (χ4v) is 4.08. The number of hydrogen-bond acceptors (Lipinski definition) is 10. The van der Waals surface area contributed by atoms with Crippen LogP contribution in [-0.2, 0) is 14.2 Å². The molecule has 1 aliphatic carbocycles. The van der Waals surface area contributed by atoms with Crippen molar-refractivity contribution in [3.8, 4) is 0 Å². The molecule has 0 aromatic carbocycles. The highest BCUT2D eigenvalue weighted by atomic mass is 35.5. The molecular weight excluding hydrogens is 376 g/mol. The molecule has 7 N–H and O–H groups in total. The Morgan fingerprint density at radius 2 is 1.62 bits per heavy atom. The van der Waals surface area contributed by atoms with E-state index in [9.17, 15) is 35.7 Å². The number of fused-ring (bicyclic) bond motifs is 1. The second-order valence-corrected chi connectivity index (χ2v) is 7.22. The van der Waals surface area contributed by atoms with E-state index in [0.29, 0.717) is 5.57 Å². The number of halogens is 1. The lowest BCUT2D eigenvalue weighted by atomic mass is 9.85. The van der Waals surface area contributed by atoms with Crippen molar-refractivity contribution < 1.29 is 50.0 Å². The van der Waals surface area contributed by atoms with Crippen molar-refractivity contribution in [3.05, 3.63) is 11.8 Å². The summed E-state index contributed by atoms with van der Waals surface area (Å²) in [5, 5.41) is 67.9. The highest BCUT2D eigenvalue weighted by Crippen LogP contribution is 2.46. The molecule has 2 heterocycles. The Bertz CT molecular complexity index is 531. The fourth-order valence-electron chi connectivity index (χ4n) is 3.75. The normalized spacial score (nSPS) is 51.5. The van der Waals surface area contributed by atoms with Crippen molar-refractivity contribution in [2.45, 2.75) is 54.6 Å². The summed E-state index contributed by atoms with van der Waals surface area (Å²) in [5.41, 5.74) is 0.332. The molecule has 0 bridgehead atoms. The van der Waals surface area contributed by atoms with Gasteiger partial charge >= 0.3 is 0 Å². The first kappa shape index (κ1) is 20.2. The zero-order valence-electron chi connectivity index (χ0n) is 13.6. The van der Waals surface area contributed by atoms with E-state index < -0.39 is 79.6 Å². The number of alkyl halides is 1. The molecule has 3 aliphatic rings. The van der Waals surface area contributed by atoms with Gasteiger partial charge in [-0.3, -0.25) is 0 Å². The molecule has 1 saturated heterocycles. The van der Waals surface area contributed by atoms with Crippen molar-refractivity contribution >= 4 is 11.6 Å². The van der Waals surface area contributed by atoms with E-state index in [1.54, 1.807) is 0 Å².